The molecule has 4 nitrogen and oxygen atoms in total. The van der Waals surface area contributed by atoms with Crippen LogP contribution < -0.4 is 10.6 Å². The summed E-state index contributed by atoms with van der Waals surface area (Å²) in [6, 6.07) is 0.448. The van der Waals surface area contributed by atoms with Gasteiger partial charge in [-0.3, -0.25) is 9.98 Å². The Morgan fingerprint density at radius 1 is 1.33 bits per heavy atom. The number of aliphatic imine (C=N–C) groups is 2. The van der Waals surface area contributed by atoms with Crippen molar-refractivity contribution in [2.45, 2.75) is 25.3 Å². The second-order valence-electron chi connectivity index (χ2n) is 3.92. The van der Waals surface area contributed by atoms with Crippen LogP contribution in [0.3, 0.4) is 0 Å². The second-order valence-corrected chi connectivity index (χ2v) is 3.92. The van der Waals surface area contributed by atoms with E-state index in [0.717, 1.165) is 31.8 Å². The molecule has 0 saturated heterocycles. The van der Waals surface area contributed by atoms with E-state index in [9.17, 15) is 0 Å². The SMILES string of the molecule is C1=CNCCNCC2CCCC(=N2)C=N1. The zero-order valence-corrected chi connectivity index (χ0v) is 8.95. The predicted molar refractivity (Wildman–Crippen MR) is 63.6 cm³/mol. The van der Waals surface area contributed by atoms with Crippen LogP contribution in [0.4, 0.5) is 0 Å². The molecule has 0 saturated carbocycles. The molecule has 0 radical (unpaired) electrons. The van der Waals surface area contributed by atoms with Crippen LogP contribution in [0.15, 0.2) is 22.4 Å². The topological polar surface area (TPSA) is 48.8 Å². The van der Waals surface area contributed by atoms with Gasteiger partial charge in [0.2, 0.25) is 0 Å². The van der Waals surface area contributed by atoms with Crippen molar-refractivity contribution < 1.29 is 0 Å². The van der Waals surface area contributed by atoms with Gasteiger partial charge in [0, 0.05) is 38.2 Å². The smallest absolute Gasteiger partial charge is 0.0628 e. The molecule has 0 aromatic carbocycles. The fourth-order valence-electron chi connectivity index (χ4n) is 1.87. The number of hydrogen-bond donors (Lipinski definition) is 2. The standard InChI is InChI=1S/C11H18N4/c1-2-10-8-13-6-4-12-5-7-14-9-11(3-1)15-10/h4,6,8,11-12,14H,1-3,5,7,9H2. The zero-order valence-electron chi connectivity index (χ0n) is 8.95. The summed E-state index contributed by atoms with van der Waals surface area (Å²) in [6.45, 7) is 2.91. The van der Waals surface area contributed by atoms with Gasteiger partial charge in [-0.15, -0.1) is 0 Å². The highest BCUT2D eigenvalue weighted by molar-refractivity contribution is 6.30. The molecule has 4 heteroatoms. The summed E-state index contributed by atoms with van der Waals surface area (Å²) >= 11 is 0. The number of nitrogens with zero attached hydrogens (tertiary/aromatic N) is 2. The first-order valence-corrected chi connectivity index (χ1v) is 5.64. The van der Waals surface area contributed by atoms with Gasteiger partial charge in [-0.2, -0.15) is 0 Å². The van der Waals surface area contributed by atoms with Gasteiger partial charge in [-0.05, 0) is 19.3 Å². The Hall–Kier alpha value is -1.16. The van der Waals surface area contributed by atoms with E-state index < -0.39 is 0 Å². The molecule has 0 aromatic rings. The molecule has 0 aromatic heterocycles. The molecule has 2 heterocycles. The van der Waals surface area contributed by atoms with E-state index in [0.29, 0.717) is 6.04 Å². The van der Waals surface area contributed by atoms with Crippen LogP contribution in [0.2, 0.25) is 0 Å². The number of nitrogens with one attached hydrogen (secondary N) is 2. The molecule has 0 spiro atoms. The first-order chi connectivity index (χ1) is 7.45. The molecule has 1 unspecified atom stereocenters. The fourth-order valence-corrected chi connectivity index (χ4v) is 1.87. The summed E-state index contributed by atoms with van der Waals surface area (Å²) in [5.74, 6) is 0. The summed E-state index contributed by atoms with van der Waals surface area (Å²) in [5.41, 5.74) is 1.14. The summed E-state index contributed by atoms with van der Waals surface area (Å²) in [6.07, 6.45) is 9.05. The molecule has 0 aliphatic carbocycles. The average molecular weight is 206 g/mol. The van der Waals surface area contributed by atoms with E-state index in [1.807, 2.05) is 12.4 Å². The van der Waals surface area contributed by atoms with Crippen molar-refractivity contribution in [1.29, 1.82) is 0 Å². The maximum atomic E-state index is 4.67. The highest BCUT2D eigenvalue weighted by Gasteiger charge is 2.13. The van der Waals surface area contributed by atoms with Crippen molar-refractivity contribution in [3.8, 4) is 0 Å². The van der Waals surface area contributed by atoms with Crippen molar-refractivity contribution >= 4 is 11.9 Å². The van der Waals surface area contributed by atoms with Crippen molar-refractivity contribution in [2.75, 3.05) is 19.6 Å². The Morgan fingerprint density at radius 2 is 2.33 bits per heavy atom. The zero-order chi connectivity index (χ0) is 10.3. The molecule has 1 atom stereocenters. The summed E-state index contributed by atoms with van der Waals surface area (Å²) in [4.78, 5) is 8.87. The average Bonchev–Trinajstić information content (AvgIpc) is 2.26. The minimum absolute atomic E-state index is 0.448. The number of rotatable bonds is 0. The van der Waals surface area contributed by atoms with E-state index in [1.54, 1.807) is 6.20 Å². The molecule has 15 heavy (non-hydrogen) atoms. The van der Waals surface area contributed by atoms with E-state index in [2.05, 4.69) is 20.6 Å². The highest BCUT2D eigenvalue weighted by Crippen LogP contribution is 2.12. The lowest BCUT2D eigenvalue weighted by atomic mass is 10.0. The third-order valence-corrected chi connectivity index (χ3v) is 2.65. The van der Waals surface area contributed by atoms with E-state index >= 15 is 0 Å². The van der Waals surface area contributed by atoms with Crippen molar-refractivity contribution in [2.24, 2.45) is 9.98 Å². The lowest BCUT2D eigenvalue weighted by Crippen LogP contribution is -2.33. The quantitative estimate of drug-likeness (QED) is 0.613. The maximum Gasteiger partial charge on any atom is 0.0628 e. The van der Waals surface area contributed by atoms with Gasteiger partial charge in [-0.25, -0.2) is 0 Å². The first-order valence-electron chi connectivity index (χ1n) is 5.64. The van der Waals surface area contributed by atoms with Gasteiger partial charge in [-0.1, -0.05) is 0 Å². The molecule has 82 valence electrons. The van der Waals surface area contributed by atoms with Crippen LogP contribution in [0, 0.1) is 0 Å². The lowest BCUT2D eigenvalue weighted by Gasteiger charge is -2.19. The third kappa shape index (κ3) is 3.47. The van der Waals surface area contributed by atoms with Crippen LogP contribution in [-0.4, -0.2) is 37.6 Å². The summed E-state index contributed by atoms with van der Waals surface area (Å²) in [7, 11) is 0. The van der Waals surface area contributed by atoms with Gasteiger partial charge in [0.15, 0.2) is 0 Å². The van der Waals surface area contributed by atoms with Gasteiger partial charge in [0.1, 0.15) is 0 Å². The summed E-state index contributed by atoms with van der Waals surface area (Å²) < 4.78 is 0. The molecule has 2 aliphatic rings. The molecule has 2 bridgehead atoms. The normalized spacial score (nSPS) is 27.2. The Morgan fingerprint density at radius 3 is 3.33 bits per heavy atom. The molecule has 2 rings (SSSR count). The fraction of sp³-hybridized carbons (Fsp3) is 0.636. The number of hydrogen-bond acceptors (Lipinski definition) is 4. The number of fused-ring (bicyclic) bond motifs is 1. The van der Waals surface area contributed by atoms with Crippen molar-refractivity contribution in [3.63, 3.8) is 0 Å². The maximum absolute atomic E-state index is 4.67. The molecule has 2 N–H and O–H groups in total. The van der Waals surface area contributed by atoms with Crippen LogP contribution in [0.25, 0.3) is 0 Å². The van der Waals surface area contributed by atoms with Crippen LogP contribution in [0.1, 0.15) is 19.3 Å². The minimum atomic E-state index is 0.448. The van der Waals surface area contributed by atoms with Crippen molar-refractivity contribution in [3.05, 3.63) is 12.4 Å². The predicted octanol–water partition coefficient (Wildman–Crippen LogP) is 0.715. The van der Waals surface area contributed by atoms with E-state index in [4.69, 9.17) is 0 Å². The highest BCUT2D eigenvalue weighted by atomic mass is 15.0. The molecule has 2 aliphatic heterocycles. The van der Waals surface area contributed by atoms with E-state index in [1.165, 1.54) is 12.8 Å². The second kappa shape index (κ2) is 5.66. The Labute approximate surface area is 90.6 Å². The minimum Gasteiger partial charge on any atom is -0.388 e. The van der Waals surface area contributed by atoms with Crippen LogP contribution in [-0.2, 0) is 0 Å². The molecular weight excluding hydrogens is 188 g/mol. The Balaban J connectivity index is 2.03. The van der Waals surface area contributed by atoms with E-state index in [-0.39, 0.29) is 0 Å². The summed E-state index contributed by atoms with van der Waals surface area (Å²) in [5, 5.41) is 6.58. The monoisotopic (exact) mass is 206 g/mol. The van der Waals surface area contributed by atoms with Crippen LogP contribution >= 0.6 is 0 Å². The van der Waals surface area contributed by atoms with Gasteiger partial charge in [0.25, 0.3) is 0 Å². The van der Waals surface area contributed by atoms with Crippen LogP contribution in [0.5, 0.6) is 0 Å². The largest absolute Gasteiger partial charge is 0.388 e. The van der Waals surface area contributed by atoms with Gasteiger partial charge in [0.05, 0.1) is 11.8 Å². The van der Waals surface area contributed by atoms with Gasteiger partial charge >= 0.3 is 0 Å². The van der Waals surface area contributed by atoms with Gasteiger partial charge < -0.3 is 10.6 Å². The Bertz CT molecular complexity index is 280. The third-order valence-electron chi connectivity index (χ3n) is 2.65. The first kappa shape index (κ1) is 10.4. The molecular formula is C11H18N4. The lowest BCUT2D eigenvalue weighted by molar-refractivity contribution is 0.519. The molecule has 0 fully saturated rings. The Kier molecular flexibility index (Phi) is 3.91. The van der Waals surface area contributed by atoms with Crippen molar-refractivity contribution in [1.82, 2.24) is 10.6 Å². The molecule has 0 amide bonds.